The Morgan fingerprint density at radius 2 is 2.04 bits per heavy atom. The Kier molecular flexibility index (Phi) is 8.81. The van der Waals surface area contributed by atoms with E-state index in [2.05, 4.69) is 37.1 Å². The van der Waals surface area contributed by atoms with Crippen molar-refractivity contribution in [1.29, 1.82) is 0 Å². The van der Waals surface area contributed by atoms with E-state index in [9.17, 15) is 4.79 Å². The number of guanidine groups is 1. The second kappa shape index (κ2) is 11.1. The number of nitrogens with zero attached hydrogens (tertiary/aromatic N) is 3. The van der Waals surface area contributed by atoms with Gasteiger partial charge >= 0.3 is 0 Å². The average molecular weight is 387 g/mol. The molecule has 1 heterocycles. The summed E-state index contributed by atoms with van der Waals surface area (Å²) in [5, 5.41) is 3.47. The van der Waals surface area contributed by atoms with Crippen molar-refractivity contribution in [3.63, 3.8) is 0 Å². The maximum atomic E-state index is 12.2. The number of likely N-dealkylation sites (tertiary alicyclic amines) is 1. The summed E-state index contributed by atoms with van der Waals surface area (Å²) in [4.78, 5) is 21.1. The van der Waals surface area contributed by atoms with Gasteiger partial charge in [0.15, 0.2) is 5.96 Å². The molecule has 1 aliphatic rings. The van der Waals surface area contributed by atoms with Crippen LogP contribution in [0, 0.1) is 11.8 Å². The van der Waals surface area contributed by atoms with Crippen LogP contribution >= 0.6 is 0 Å². The largest absolute Gasteiger partial charge is 0.357 e. The molecule has 0 aliphatic carbocycles. The van der Waals surface area contributed by atoms with Crippen molar-refractivity contribution in [2.75, 3.05) is 40.3 Å². The molecule has 1 aromatic carbocycles. The van der Waals surface area contributed by atoms with Gasteiger partial charge in [-0.1, -0.05) is 38.8 Å². The van der Waals surface area contributed by atoms with Crippen LogP contribution in [-0.2, 0) is 6.42 Å². The van der Waals surface area contributed by atoms with E-state index in [1.807, 2.05) is 18.2 Å². The van der Waals surface area contributed by atoms with Crippen LogP contribution in [0.15, 0.2) is 29.3 Å². The highest BCUT2D eigenvalue weighted by Crippen LogP contribution is 2.28. The normalized spacial score (nSPS) is 17.3. The number of nitrogens with one attached hydrogen (secondary N) is 1. The van der Waals surface area contributed by atoms with Crippen molar-refractivity contribution in [1.82, 2.24) is 15.1 Å². The topological polar surface area (TPSA) is 47.9 Å². The lowest BCUT2D eigenvalue weighted by atomic mass is 9.87. The second-order valence-corrected chi connectivity index (χ2v) is 7.96. The van der Waals surface area contributed by atoms with Gasteiger partial charge in [0.25, 0.3) is 5.91 Å². The van der Waals surface area contributed by atoms with Crippen LogP contribution in [0.2, 0.25) is 0 Å². The van der Waals surface area contributed by atoms with Crippen LogP contribution in [-0.4, -0.2) is 61.9 Å². The molecule has 1 N–H and O–H groups in total. The molecule has 5 heteroatoms. The predicted octanol–water partition coefficient (Wildman–Crippen LogP) is 3.65. The summed E-state index contributed by atoms with van der Waals surface area (Å²) in [5.74, 6) is 2.69. The van der Waals surface area contributed by atoms with E-state index in [0.29, 0.717) is 0 Å². The summed E-state index contributed by atoms with van der Waals surface area (Å²) in [6.07, 6.45) is 4.65. The fourth-order valence-electron chi connectivity index (χ4n) is 4.15. The third-order valence-electron chi connectivity index (χ3n) is 5.82. The molecule has 1 aromatic rings. The number of hydrogen-bond donors (Lipinski definition) is 1. The highest BCUT2D eigenvalue weighted by molar-refractivity contribution is 5.94. The summed E-state index contributed by atoms with van der Waals surface area (Å²) in [7, 11) is 3.57. The molecule has 1 aliphatic heterocycles. The lowest BCUT2D eigenvalue weighted by Gasteiger charge is -2.24. The molecular weight excluding hydrogens is 348 g/mol. The highest BCUT2D eigenvalue weighted by Gasteiger charge is 2.29. The zero-order valence-electron chi connectivity index (χ0n) is 18.4. The summed E-state index contributed by atoms with van der Waals surface area (Å²) < 4.78 is 0. The molecule has 1 fully saturated rings. The second-order valence-electron chi connectivity index (χ2n) is 7.96. The maximum Gasteiger partial charge on any atom is 0.253 e. The van der Waals surface area contributed by atoms with E-state index in [-0.39, 0.29) is 5.91 Å². The summed E-state index contributed by atoms with van der Waals surface area (Å²) in [6, 6.07) is 7.90. The molecule has 1 atom stereocenters. The molecule has 0 aromatic heterocycles. The number of rotatable bonds is 8. The third-order valence-corrected chi connectivity index (χ3v) is 5.82. The van der Waals surface area contributed by atoms with Crippen LogP contribution in [0.1, 0.15) is 56.0 Å². The van der Waals surface area contributed by atoms with Crippen molar-refractivity contribution in [2.24, 2.45) is 16.8 Å². The van der Waals surface area contributed by atoms with Crippen molar-refractivity contribution < 1.29 is 4.79 Å². The van der Waals surface area contributed by atoms with Crippen molar-refractivity contribution in [3.05, 3.63) is 35.4 Å². The first-order valence-corrected chi connectivity index (χ1v) is 10.8. The van der Waals surface area contributed by atoms with E-state index >= 15 is 0 Å². The first kappa shape index (κ1) is 22.3. The maximum absolute atomic E-state index is 12.2. The third kappa shape index (κ3) is 5.98. The molecule has 1 unspecified atom stereocenters. The lowest BCUT2D eigenvalue weighted by molar-refractivity contribution is 0.0827. The van der Waals surface area contributed by atoms with Gasteiger partial charge in [-0.3, -0.25) is 9.79 Å². The number of carbonyl (C=O) groups excluding carboxylic acids is 1. The first-order valence-electron chi connectivity index (χ1n) is 10.8. The number of benzene rings is 1. The first-order chi connectivity index (χ1) is 13.5. The Balaban J connectivity index is 1.98. The number of carbonyl (C=O) groups is 1. The highest BCUT2D eigenvalue weighted by atomic mass is 16.2. The minimum atomic E-state index is 0.0446. The van der Waals surface area contributed by atoms with Crippen molar-refractivity contribution in [3.8, 4) is 0 Å². The number of hydrogen-bond acceptors (Lipinski definition) is 2. The molecule has 156 valence electrons. The van der Waals surface area contributed by atoms with Crippen molar-refractivity contribution >= 4 is 11.9 Å². The quantitative estimate of drug-likeness (QED) is 0.548. The lowest BCUT2D eigenvalue weighted by Crippen LogP contribution is -2.40. The van der Waals surface area contributed by atoms with Gasteiger partial charge in [0, 0.05) is 45.8 Å². The van der Waals surface area contributed by atoms with Gasteiger partial charge in [-0.15, -0.1) is 0 Å². The van der Waals surface area contributed by atoms with Gasteiger partial charge in [0.2, 0.25) is 0 Å². The Morgan fingerprint density at radius 1 is 1.29 bits per heavy atom. The molecule has 2 rings (SSSR count). The zero-order valence-corrected chi connectivity index (χ0v) is 18.4. The number of amides is 1. The molecule has 28 heavy (non-hydrogen) atoms. The minimum absolute atomic E-state index is 0.0446. The zero-order chi connectivity index (χ0) is 20.5. The molecule has 0 saturated carbocycles. The summed E-state index contributed by atoms with van der Waals surface area (Å²) >= 11 is 0. The number of aliphatic imine (C=N–C) groups is 1. The Bertz CT molecular complexity index is 652. The van der Waals surface area contributed by atoms with Gasteiger partial charge < -0.3 is 15.1 Å². The fourth-order valence-corrected chi connectivity index (χ4v) is 4.15. The average Bonchev–Trinajstić information content (AvgIpc) is 3.17. The molecule has 0 radical (unpaired) electrons. The van der Waals surface area contributed by atoms with Gasteiger partial charge in [-0.2, -0.15) is 0 Å². The molecule has 1 amide bonds. The van der Waals surface area contributed by atoms with Crippen LogP contribution in [0.3, 0.4) is 0 Å². The molecule has 5 nitrogen and oxygen atoms in total. The Hall–Kier alpha value is -2.04. The standard InChI is InChI=1S/C23H38N4O/c1-6-19(7-2)21-13-15-27(17-21)23(24-8-3)25-14-12-18-10-9-11-20(16-18)22(28)26(4)5/h9-11,16,19,21H,6-8,12-15,17H2,1-5H3,(H,24,25). The van der Waals surface area contributed by atoms with E-state index in [4.69, 9.17) is 4.99 Å². The van der Waals surface area contributed by atoms with Gasteiger partial charge in [0.1, 0.15) is 0 Å². The summed E-state index contributed by atoms with van der Waals surface area (Å²) in [5.41, 5.74) is 1.90. The van der Waals surface area contributed by atoms with Crippen LogP contribution in [0.4, 0.5) is 0 Å². The van der Waals surface area contributed by atoms with Gasteiger partial charge in [-0.05, 0) is 49.3 Å². The summed E-state index contributed by atoms with van der Waals surface area (Å²) in [6.45, 7) is 10.6. The van der Waals surface area contributed by atoms with Crippen molar-refractivity contribution in [2.45, 2.75) is 46.5 Å². The van der Waals surface area contributed by atoms with E-state index < -0.39 is 0 Å². The van der Waals surface area contributed by atoms with Crippen LogP contribution < -0.4 is 5.32 Å². The SMILES string of the molecule is CCNC(=NCCc1cccc(C(=O)N(C)C)c1)N1CCC(C(CC)CC)C1. The molecule has 0 bridgehead atoms. The van der Waals surface area contributed by atoms with Crippen LogP contribution in [0.5, 0.6) is 0 Å². The molecular formula is C23H38N4O. The van der Waals surface area contributed by atoms with E-state index in [1.54, 1.807) is 19.0 Å². The van der Waals surface area contributed by atoms with Gasteiger partial charge in [-0.25, -0.2) is 0 Å². The monoisotopic (exact) mass is 386 g/mol. The Morgan fingerprint density at radius 3 is 2.68 bits per heavy atom. The van der Waals surface area contributed by atoms with E-state index in [1.165, 1.54) is 19.3 Å². The Labute approximate surface area is 171 Å². The van der Waals surface area contributed by atoms with Gasteiger partial charge in [0.05, 0.1) is 0 Å². The predicted molar refractivity (Wildman–Crippen MR) is 118 cm³/mol. The molecule has 1 saturated heterocycles. The van der Waals surface area contributed by atoms with E-state index in [0.717, 1.165) is 61.5 Å². The fraction of sp³-hybridized carbons (Fsp3) is 0.652. The molecule has 0 spiro atoms. The van der Waals surface area contributed by atoms with Crippen LogP contribution in [0.25, 0.3) is 0 Å². The minimum Gasteiger partial charge on any atom is -0.357 e. The smallest absolute Gasteiger partial charge is 0.253 e.